The van der Waals surface area contributed by atoms with Crippen LogP contribution in [0.2, 0.25) is 5.02 Å². The van der Waals surface area contributed by atoms with E-state index in [1.807, 2.05) is 53.1 Å². The van der Waals surface area contributed by atoms with Gasteiger partial charge in [-0.3, -0.25) is 9.59 Å². The Morgan fingerprint density at radius 2 is 1.92 bits per heavy atom. The third-order valence-corrected chi connectivity index (χ3v) is 7.10. The number of rotatable bonds is 8. The molecule has 9 nitrogen and oxygen atoms in total. The predicted molar refractivity (Wildman–Crippen MR) is 146 cm³/mol. The molecule has 0 atom stereocenters. The molecule has 5 aromatic rings. The Labute approximate surface area is 228 Å². The van der Waals surface area contributed by atoms with Crippen molar-refractivity contribution in [3.8, 4) is 17.2 Å². The first-order valence-electron chi connectivity index (χ1n) is 12.4. The molecule has 3 heterocycles. The first kappa shape index (κ1) is 24.7. The molecule has 1 fully saturated rings. The van der Waals surface area contributed by atoms with Gasteiger partial charge in [-0.15, -0.1) is 0 Å². The number of benzene rings is 2. The molecule has 0 radical (unpaired) electrons. The number of nitrogens with zero attached hydrogens (tertiary/aromatic N) is 3. The standard InChI is InChI=1S/C29H24ClN5O4/c1-18-32-27(34-39-18)26-25(30)22-4-2-3-5-23(22)35(26)21-9-6-19(7-10-21)16-31-28(37)29(13-14-29)33-24(36)11-8-20-12-15-38-17-20/h2-12,15,17H,13-14,16H2,1H3,(H,31,37)(H,33,36). The van der Waals surface area contributed by atoms with Crippen molar-refractivity contribution in [3.05, 3.63) is 95.2 Å². The van der Waals surface area contributed by atoms with Gasteiger partial charge in [-0.1, -0.05) is 47.1 Å². The molecule has 2 N–H and O–H groups in total. The van der Waals surface area contributed by atoms with Gasteiger partial charge >= 0.3 is 0 Å². The average Bonchev–Trinajstić information content (AvgIpc) is 3.25. The van der Waals surface area contributed by atoms with Crippen molar-refractivity contribution in [3.63, 3.8) is 0 Å². The van der Waals surface area contributed by atoms with Crippen LogP contribution in [-0.4, -0.2) is 32.1 Å². The minimum Gasteiger partial charge on any atom is -0.472 e. The Hall–Kier alpha value is -4.63. The topological polar surface area (TPSA) is 115 Å². The van der Waals surface area contributed by atoms with Gasteiger partial charge in [0.1, 0.15) is 11.2 Å². The molecule has 0 unspecified atom stereocenters. The highest BCUT2D eigenvalue weighted by molar-refractivity contribution is 6.38. The molecule has 0 aliphatic heterocycles. The first-order chi connectivity index (χ1) is 18.9. The number of carbonyl (C=O) groups is 2. The van der Waals surface area contributed by atoms with E-state index in [1.54, 1.807) is 19.1 Å². The van der Waals surface area contributed by atoms with E-state index in [9.17, 15) is 9.59 Å². The van der Waals surface area contributed by atoms with Crippen LogP contribution in [0.1, 0.15) is 29.9 Å². The molecule has 39 heavy (non-hydrogen) atoms. The van der Waals surface area contributed by atoms with Gasteiger partial charge in [0.2, 0.25) is 23.5 Å². The number of amides is 2. The van der Waals surface area contributed by atoms with Crippen LogP contribution in [0.4, 0.5) is 0 Å². The number of carbonyl (C=O) groups excluding carboxylic acids is 2. The maximum absolute atomic E-state index is 12.9. The van der Waals surface area contributed by atoms with E-state index in [2.05, 4.69) is 20.8 Å². The summed E-state index contributed by atoms with van der Waals surface area (Å²) in [7, 11) is 0. The lowest BCUT2D eigenvalue weighted by molar-refractivity contribution is -0.128. The molecule has 1 aliphatic rings. The number of halogens is 1. The van der Waals surface area contributed by atoms with Gasteiger partial charge in [0, 0.05) is 36.2 Å². The lowest BCUT2D eigenvalue weighted by Gasteiger charge is -2.16. The molecule has 3 aromatic heterocycles. The summed E-state index contributed by atoms with van der Waals surface area (Å²) in [6.45, 7) is 2.06. The van der Waals surface area contributed by atoms with Crippen LogP contribution >= 0.6 is 11.6 Å². The van der Waals surface area contributed by atoms with Crippen molar-refractivity contribution in [2.24, 2.45) is 0 Å². The maximum atomic E-state index is 12.9. The quantitative estimate of drug-likeness (QED) is 0.260. The van der Waals surface area contributed by atoms with Crippen LogP contribution in [-0.2, 0) is 16.1 Å². The monoisotopic (exact) mass is 541 g/mol. The third-order valence-electron chi connectivity index (χ3n) is 6.72. The van der Waals surface area contributed by atoms with Crippen LogP contribution in [0.5, 0.6) is 0 Å². The highest BCUT2D eigenvalue weighted by Gasteiger charge is 2.50. The van der Waals surface area contributed by atoms with Crippen LogP contribution in [0.3, 0.4) is 0 Å². The van der Waals surface area contributed by atoms with E-state index in [0.717, 1.165) is 27.7 Å². The van der Waals surface area contributed by atoms with Gasteiger partial charge < -0.3 is 24.1 Å². The van der Waals surface area contributed by atoms with Crippen molar-refractivity contribution in [1.82, 2.24) is 25.3 Å². The van der Waals surface area contributed by atoms with Gasteiger partial charge in [-0.05, 0) is 48.7 Å². The maximum Gasteiger partial charge on any atom is 0.246 e. The van der Waals surface area contributed by atoms with Crippen molar-refractivity contribution < 1.29 is 18.5 Å². The molecular formula is C29H24ClN5O4. The second-order valence-corrected chi connectivity index (χ2v) is 9.84. The Morgan fingerprint density at radius 1 is 1.13 bits per heavy atom. The number of para-hydroxylation sites is 1. The van der Waals surface area contributed by atoms with Crippen LogP contribution in [0.15, 0.2) is 82.1 Å². The average molecular weight is 542 g/mol. The zero-order chi connectivity index (χ0) is 27.0. The lowest BCUT2D eigenvalue weighted by Crippen LogP contribution is -2.48. The highest BCUT2D eigenvalue weighted by atomic mass is 35.5. The SMILES string of the molecule is Cc1nc(-c2c(Cl)c3ccccc3n2-c2ccc(CNC(=O)C3(NC(=O)C=Cc4ccoc4)CC3)cc2)no1. The number of aryl methyl sites for hydroxylation is 1. The normalized spacial score (nSPS) is 14.1. The minimum absolute atomic E-state index is 0.199. The van der Waals surface area contributed by atoms with Crippen molar-refractivity contribution in [2.45, 2.75) is 31.8 Å². The van der Waals surface area contributed by atoms with Gasteiger partial charge in [-0.25, -0.2) is 0 Å². The van der Waals surface area contributed by atoms with Gasteiger partial charge in [0.05, 0.1) is 23.1 Å². The summed E-state index contributed by atoms with van der Waals surface area (Å²) < 4.78 is 12.2. The van der Waals surface area contributed by atoms with Gasteiger partial charge in [-0.2, -0.15) is 4.98 Å². The second kappa shape index (κ2) is 9.92. The van der Waals surface area contributed by atoms with E-state index in [1.165, 1.54) is 18.6 Å². The highest BCUT2D eigenvalue weighted by Crippen LogP contribution is 2.39. The van der Waals surface area contributed by atoms with Gasteiger partial charge in [0.25, 0.3) is 0 Å². The molecule has 10 heteroatoms. The Kier molecular flexibility index (Phi) is 6.28. The summed E-state index contributed by atoms with van der Waals surface area (Å²) in [5.74, 6) is 0.331. The van der Waals surface area contributed by atoms with Crippen LogP contribution in [0.25, 0.3) is 34.2 Å². The molecule has 2 amide bonds. The smallest absolute Gasteiger partial charge is 0.246 e. The zero-order valence-corrected chi connectivity index (χ0v) is 21.7. The Bertz CT molecular complexity index is 1700. The van der Waals surface area contributed by atoms with Crippen LogP contribution < -0.4 is 10.6 Å². The first-order valence-corrected chi connectivity index (χ1v) is 12.8. The summed E-state index contributed by atoms with van der Waals surface area (Å²) in [6, 6.07) is 17.4. The Balaban J connectivity index is 1.17. The second-order valence-electron chi connectivity index (χ2n) is 9.46. The number of nitrogens with one attached hydrogen (secondary N) is 2. The molecule has 6 rings (SSSR count). The number of aromatic nitrogens is 3. The number of hydrogen-bond donors (Lipinski definition) is 2. The molecule has 196 valence electrons. The number of hydrogen-bond acceptors (Lipinski definition) is 6. The lowest BCUT2D eigenvalue weighted by atomic mass is 10.1. The van der Waals surface area contributed by atoms with Crippen molar-refractivity contribution in [2.75, 3.05) is 0 Å². The summed E-state index contributed by atoms with van der Waals surface area (Å²) in [6.07, 6.45) is 7.31. The van der Waals surface area contributed by atoms with Crippen molar-refractivity contribution in [1.29, 1.82) is 0 Å². The minimum atomic E-state index is -0.865. The van der Waals surface area contributed by atoms with E-state index in [4.69, 9.17) is 20.5 Å². The molecule has 0 spiro atoms. The van der Waals surface area contributed by atoms with E-state index < -0.39 is 5.54 Å². The van der Waals surface area contributed by atoms with E-state index in [-0.39, 0.29) is 11.8 Å². The summed E-state index contributed by atoms with van der Waals surface area (Å²) in [4.78, 5) is 29.6. The van der Waals surface area contributed by atoms with E-state index >= 15 is 0 Å². The number of fused-ring (bicyclic) bond motifs is 1. The largest absolute Gasteiger partial charge is 0.472 e. The third kappa shape index (κ3) is 4.84. The fraction of sp³-hybridized carbons (Fsp3) is 0.172. The fourth-order valence-electron chi connectivity index (χ4n) is 4.53. The number of furan rings is 1. The Morgan fingerprint density at radius 3 is 2.62 bits per heavy atom. The molecule has 2 aromatic carbocycles. The summed E-state index contributed by atoms with van der Waals surface area (Å²) in [5.41, 5.74) is 3.24. The summed E-state index contributed by atoms with van der Waals surface area (Å²) >= 11 is 6.77. The predicted octanol–water partition coefficient (Wildman–Crippen LogP) is 5.21. The van der Waals surface area contributed by atoms with Crippen molar-refractivity contribution >= 4 is 40.4 Å². The zero-order valence-electron chi connectivity index (χ0n) is 21.0. The fourth-order valence-corrected chi connectivity index (χ4v) is 4.86. The summed E-state index contributed by atoms with van der Waals surface area (Å²) in [5, 5.41) is 11.3. The molecule has 1 saturated carbocycles. The van der Waals surface area contributed by atoms with Gasteiger partial charge in [0.15, 0.2) is 0 Å². The molecule has 0 bridgehead atoms. The molecule has 0 saturated heterocycles. The molecular weight excluding hydrogens is 518 g/mol. The van der Waals surface area contributed by atoms with E-state index in [0.29, 0.717) is 41.8 Å². The molecule has 1 aliphatic carbocycles. The van der Waals surface area contributed by atoms with Crippen LogP contribution in [0, 0.1) is 6.92 Å².